The number of aryl methyl sites for hydroxylation is 1. The molecule has 0 fully saturated rings. The number of halogens is 2. The van der Waals surface area contributed by atoms with Crippen molar-refractivity contribution >= 4 is 28.9 Å². The Bertz CT molecular complexity index is 1000. The Morgan fingerprint density at radius 2 is 1.77 bits per heavy atom. The maximum absolute atomic E-state index is 13.5. The highest BCUT2D eigenvalue weighted by molar-refractivity contribution is 6.31. The second-order valence-corrected chi connectivity index (χ2v) is 6.63. The van der Waals surface area contributed by atoms with Crippen LogP contribution in [0.1, 0.15) is 27.7 Å². The van der Waals surface area contributed by atoms with Crippen LogP contribution in [0.25, 0.3) is 0 Å². The van der Waals surface area contributed by atoms with Gasteiger partial charge in [0, 0.05) is 22.5 Å². The van der Waals surface area contributed by atoms with Crippen molar-refractivity contribution in [3.63, 3.8) is 0 Å². The predicted molar refractivity (Wildman–Crippen MR) is 102 cm³/mol. The van der Waals surface area contributed by atoms with Crippen LogP contribution < -0.4 is 10.2 Å². The Kier molecular flexibility index (Phi) is 4.13. The molecule has 4 rings (SSSR count). The zero-order valence-electron chi connectivity index (χ0n) is 14.0. The molecule has 0 radical (unpaired) electrons. The van der Waals surface area contributed by atoms with Gasteiger partial charge in [0.15, 0.2) is 0 Å². The van der Waals surface area contributed by atoms with Crippen molar-refractivity contribution in [2.75, 3.05) is 10.2 Å². The van der Waals surface area contributed by atoms with Gasteiger partial charge in [-0.15, -0.1) is 0 Å². The number of hydrogen-bond acceptors (Lipinski definition) is 2. The van der Waals surface area contributed by atoms with Gasteiger partial charge in [0.1, 0.15) is 12.0 Å². The molecule has 1 aliphatic heterocycles. The van der Waals surface area contributed by atoms with Crippen molar-refractivity contribution < 1.29 is 9.18 Å². The Morgan fingerprint density at radius 3 is 2.54 bits per heavy atom. The minimum Gasteiger partial charge on any atom is -0.361 e. The van der Waals surface area contributed by atoms with Gasteiger partial charge in [-0.25, -0.2) is 4.39 Å². The molecule has 0 saturated carbocycles. The zero-order chi connectivity index (χ0) is 18.3. The summed E-state index contributed by atoms with van der Waals surface area (Å²) in [4.78, 5) is 14.8. The molecule has 0 aromatic heterocycles. The van der Waals surface area contributed by atoms with Crippen LogP contribution in [-0.2, 0) is 0 Å². The maximum Gasteiger partial charge on any atom is 0.260 e. The Labute approximate surface area is 156 Å². The average Bonchev–Trinajstić information content (AvgIpc) is 2.91. The van der Waals surface area contributed by atoms with Crippen LogP contribution in [0.4, 0.5) is 15.8 Å². The second kappa shape index (κ2) is 6.46. The minimum absolute atomic E-state index is 0.0371. The number of para-hydroxylation sites is 1. The highest BCUT2D eigenvalue weighted by Crippen LogP contribution is 2.39. The lowest BCUT2D eigenvalue weighted by Gasteiger charge is -2.28. The van der Waals surface area contributed by atoms with Gasteiger partial charge >= 0.3 is 0 Å². The number of anilines is 2. The number of fused-ring (bicyclic) bond motifs is 1. The van der Waals surface area contributed by atoms with Crippen molar-refractivity contribution in [1.82, 2.24) is 0 Å². The molecule has 3 aromatic rings. The van der Waals surface area contributed by atoms with E-state index >= 15 is 0 Å². The molecule has 1 aliphatic rings. The van der Waals surface area contributed by atoms with Crippen molar-refractivity contribution in [2.45, 2.75) is 13.1 Å². The highest BCUT2D eigenvalue weighted by atomic mass is 35.5. The Hall–Kier alpha value is -2.85. The number of benzene rings is 3. The van der Waals surface area contributed by atoms with E-state index in [9.17, 15) is 9.18 Å². The molecule has 1 N–H and O–H groups in total. The largest absolute Gasteiger partial charge is 0.361 e. The van der Waals surface area contributed by atoms with E-state index in [1.165, 1.54) is 12.1 Å². The van der Waals surface area contributed by atoms with E-state index in [-0.39, 0.29) is 10.9 Å². The first-order valence-electron chi connectivity index (χ1n) is 8.26. The van der Waals surface area contributed by atoms with E-state index in [4.69, 9.17) is 11.6 Å². The fraction of sp³-hybridized carbons (Fsp3) is 0.0952. The number of amides is 1. The molecule has 26 heavy (non-hydrogen) atoms. The number of carbonyl (C=O) groups excluding carboxylic acids is 1. The number of nitrogens with one attached hydrogen (secondary N) is 1. The third kappa shape index (κ3) is 2.72. The van der Waals surface area contributed by atoms with E-state index in [1.54, 1.807) is 11.0 Å². The third-order valence-corrected chi connectivity index (χ3v) is 4.85. The molecule has 1 atom stereocenters. The lowest BCUT2D eigenvalue weighted by molar-refractivity contribution is 0.0993. The standard InChI is InChI=1S/C21H16ClFN2O/c1-13-6-2-5-9-19(13)25-20(15-7-3-4-8-16(15)21(25)26)24-14-10-11-18(23)17(22)12-14/h2-12,20,24H,1H3/t20-/m0/s1. The van der Waals surface area contributed by atoms with Gasteiger partial charge in [-0.3, -0.25) is 9.69 Å². The fourth-order valence-corrected chi connectivity index (χ4v) is 3.47. The summed E-state index contributed by atoms with van der Waals surface area (Å²) in [5.74, 6) is -0.545. The topological polar surface area (TPSA) is 32.3 Å². The van der Waals surface area contributed by atoms with Gasteiger partial charge in [-0.2, -0.15) is 0 Å². The lowest BCUT2D eigenvalue weighted by atomic mass is 10.1. The summed E-state index contributed by atoms with van der Waals surface area (Å²) in [5, 5.41) is 3.36. The third-order valence-electron chi connectivity index (χ3n) is 4.56. The second-order valence-electron chi connectivity index (χ2n) is 6.22. The predicted octanol–water partition coefficient (Wildman–Crippen LogP) is 5.56. The number of carbonyl (C=O) groups is 1. The molecule has 0 aliphatic carbocycles. The van der Waals surface area contributed by atoms with Crippen molar-refractivity contribution in [2.24, 2.45) is 0 Å². The molecule has 0 unspecified atom stereocenters. The molecular formula is C21H16ClFN2O. The quantitative estimate of drug-likeness (QED) is 0.658. The van der Waals surface area contributed by atoms with Gasteiger partial charge < -0.3 is 5.32 Å². The van der Waals surface area contributed by atoms with Crippen molar-refractivity contribution in [3.8, 4) is 0 Å². The molecule has 5 heteroatoms. The first-order chi connectivity index (χ1) is 12.6. The summed E-state index contributed by atoms with van der Waals surface area (Å²) in [6.45, 7) is 1.97. The van der Waals surface area contributed by atoms with E-state index in [1.807, 2.05) is 55.5 Å². The van der Waals surface area contributed by atoms with Gasteiger partial charge in [-0.1, -0.05) is 48.0 Å². The number of rotatable bonds is 3. The van der Waals surface area contributed by atoms with Gasteiger partial charge in [0.25, 0.3) is 5.91 Å². The average molecular weight is 367 g/mol. The van der Waals surface area contributed by atoms with E-state index < -0.39 is 12.0 Å². The smallest absolute Gasteiger partial charge is 0.260 e. The van der Waals surface area contributed by atoms with Crippen molar-refractivity contribution in [3.05, 3.63) is 94.3 Å². The van der Waals surface area contributed by atoms with E-state index in [2.05, 4.69) is 5.32 Å². The molecular weight excluding hydrogens is 351 g/mol. The maximum atomic E-state index is 13.5. The van der Waals surface area contributed by atoms with Crippen LogP contribution in [0.15, 0.2) is 66.7 Å². The van der Waals surface area contributed by atoms with Gasteiger partial charge in [0.2, 0.25) is 0 Å². The summed E-state index contributed by atoms with van der Waals surface area (Å²) >= 11 is 5.91. The summed E-state index contributed by atoms with van der Waals surface area (Å²) in [5.41, 5.74) is 4.00. The lowest BCUT2D eigenvalue weighted by Crippen LogP contribution is -2.32. The molecule has 3 nitrogen and oxygen atoms in total. The molecule has 0 spiro atoms. The molecule has 3 aromatic carbocycles. The van der Waals surface area contributed by atoms with Crippen LogP contribution in [0.2, 0.25) is 5.02 Å². The molecule has 1 amide bonds. The zero-order valence-corrected chi connectivity index (χ0v) is 14.8. The summed E-state index contributed by atoms with van der Waals surface area (Å²) in [6, 6.07) is 19.7. The number of hydrogen-bond donors (Lipinski definition) is 1. The van der Waals surface area contributed by atoms with Crippen LogP contribution in [-0.4, -0.2) is 5.91 Å². The molecule has 0 bridgehead atoms. The summed E-state index contributed by atoms with van der Waals surface area (Å²) < 4.78 is 13.5. The Balaban J connectivity index is 1.81. The van der Waals surface area contributed by atoms with Crippen LogP contribution >= 0.6 is 11.6 Å². The first-order valence-corrected chi connectivity index (χ1v) is 8.64. The SMILES string of the molecule is Cc1ccccc1N1C(=O)c2ccccc2[C@H]1Nc1ccc(F)c(Cl)c1. The molecule has 0 saturated heterocycles. The number of nitrogens with zero attached hydrogens (tertiary/aromatic N) is 1. The monoisotopic (exact) mass is 366 g/mol. The van der Waals surface area contributed by atoms with Gasteiger partial charge in [0.05, 0.1) is 5.02 Å². The fourth-order valence-electron chi connectivity index (χ4n) is 3.28. The normalized spacial score (nSPS) is 15.9. The summed E-state index contributed by atoms with van der Waals surface area (Å²) in [7, 11) is 0. The highest BCUT2D eigenvalue weighted by Gasteiger charge is 2.38. The van der Waals surface area contributed by atoms with Crippen LogP contribution in [0.5, 0.6) is 0 Å². The van der Waals surface area contributed by atoms with E-state index in [0.29, 0.717) is 11.3 Å². The first kappa shape index (κ1) is 16.6. The molecule has 1 heterocycles. The van der Waals surface area contributed by atoms with Crippen molar-refractivity contribution in [1.29, 1.82) is 0 Å². The minimum atomic E-state index is -0.476. The van der Waals surface area contributed by atoms with Crippen LogP contribution in [0, 0.1) is 12.7 Å². The summed E-state index contributed by atoms with van der Waals surface area (Å²) in [6.07, 6.45) is -0.402. The molecule has 130 valence electrons. The van der Waals surface area contributed by atoms with Crippen LogP contribution in [0.3, 0.4) is 0 Å². The van der Waals surface area contributed by atoms with E-state index in [0.717, 1.165) is 16.8 Å². The Morgan fingerprint density at radius 1 is 1.04 bits per heavy atom. The van der Waals surface area contributed by atoms with Gasteiger partial charge in [-0.05, 0) is 42.8 Å².